The molecule has 1 unspecified atom stereocenters. The maximum atomic E-state index is 12.8. The largest absolute Gasteiger partial charge is 0.480 e. The van der Waals surface area contributed by atoms with Crippen LogP contribution in [0.2, 0.25) is 0 Å². The van der Waals surface area contributed by atoms with Gasteiger partial charge >= 0.3 is 5.97 Å². The topological polar surface area (TPSA) is 96.6 Å². The zero-order valence-corrected chi connectivity index (χ0v) is 17.3. The number of aliphatic carboxylic acids is 1. The minimum Gasteiger partial charge on any atom is -0.480 e. The molecule has 3 aromatic carbocycles. The lowest BCUT2D eigenvalue weighted by atomic mass is 10.0. The van der Waals surface area contributed by atoms with E-state index in [-0.39, 0.29) is 4.90 Å². The first-order chi connectivity index (χ1) is 14.3. The molecule has 0 aliphatic heterocycles. The van der Waals surface area contributed by atoms with E-state index < -0.39 is 28.0 Å². The molecule has 0 bridgehead atoms. The maximum absolute atomic E-state index is 12.8. The lowest BCUT2D eigenvalue weighted by Crippen LogP contribution is -2.44. The van der Waals surface area contributed by atoms with Crippen LogP contribution in [0, 0.1) is 5.92 Å². The van der Waals surface area contributed by atoms with Gasteiger partial charge in [0.1, 0.15) is 17.2 Å². The minimum absolute atomic E-state index is 0.00302. The fourth-order valence-electron chi connectivity index (χ4n) is 3.44. The Hall–Kier alpha value is -3.16. The molecule has 4 aromatic rings. The Labute approximate surface area is 174 Å². The van der Waals surface area contributed by atoms with Gasteiger partial charge in [-0.3, -0.25) is 4.79 Å². The van der Waals surface area contributed by atoms with Crippen LogP contribution in [-0.2, 0) is 14.8 Å². The number of nitrogens with one attached hydrogen (secondary N) is 1. The first-order valence-electron chi connectivity index (χ1n) is 9.53. The predicted octanol–water partition coefficient (Wildman–Crippen LogP) is 4.64. The molecule has 0 radical (unpaired) electrons. The van der Waals surface area contributed by atoms with Gasteiger partial charge in [-0.05, 0) is 47.4 Å². The van der Waals surface area contributed by atoms with Crippen molar-refractivity contribution in [2.45, 2.75) is 24.8 Å². The predicted molar refractivity (Wildman–Crippen MR) is 116 cm³/mol. The van der Waals surface area contributed by atoms with Gasteiger partial charge in [-0.2, -0.15) is 4.72 Å². The third-order valence-corrected chi connectivity index (χ3v) is 6.51. The van der Waals surface area contributed by atoms with Gasteiger partial charge in [0, 0.05) is 10.8 Å². The van der Waals surface area contributed by atoms with Gasteiger partial charge in [0.05, 0.1) is 4.90 Å². The van der Waals surface area contributed by atoms with Crippen LogP contribution in [-0.4, -0.2) is 25.5 Å². The molecule has 30 heavy (non-hydrogen) atoms. The van der Waals surface area contributed by atoms with Crippen LogP contribution in [0.25, 0.3) is 33.1 Å². The summed E-state index contributed by atoms with van der Waals surface area (Å²) in [5, 5.41) is 10.8. The summed E-state index contributed by atoms with van der Waals surface area (Å²) < 4.78 is 33.8. The summed E-state index contributed by atoms with van der Waals surface area (Å²) in [5.41, 5.74) is 3.27. The highest BCUT2D eigenvalue weighted by Crippen LogP contribution is 2.33. The molecule has 0 spiro atoms. The van der Waals surface area contributed by atoms with E-state index in [4.69, 9.17) is 4.42 Å². The van der Waals surface area contributed by atoms with Crippen LogP contribution in [0.15, 0.2) is 76.0 Å². The number of fused-ring (bicyclic) bond motifs is 3. The summed E-state index contributed by atoms with van der Waals surface area (Å²) in [6.45, 7) is 3.30. The van der Waals surface area contributed by atoms with Crippen LogP contribution in [0.3, 0.4) is 0 Å². The zero-order chi connectivity index (χ0) is 21.5. The highest BCUT2D eigenvalue weighted by Gasteiger charge is 2.28. The third kappa shape index (κ3) is 3.69. The molecule has 6 nitrogen and oxygen atoms in total. The van der Waals surface area contributed by atoms with Crippen molar-refractivity contribution in [1.29, 1.82) is 0 Å². The van der Waals surface area contributed by atoms with Gasteiger partial charge in [-0.15, -0.1) is 0 Å². The molecular formula is C23H21NO5S. The Morgan fingerprint density at radius 3 is 2.30 bits per heavy atom. The van der Waals surface area contributed by atoms with E-state index in [0.717, 1.165) is 16.5 Å². The second-order valence-corrected chi connectivity index (χ2v) is 9.23. The lowest BCUT2D eigenvalue weighted by molar-refractivity contribution is -0.140. The van der Waals surface area contributed by atoms with Crippen molar-refractivity contribution in [3.63, 3.8) is 0 Å². The van der Waals surface area contributed by atoms with Gasteiger partial charge in [0.2, 0.25) is 10.0 Å². The van der Waals surface area contributed by atoms with Crippen molar-refractivity contribution < 1.29 is 22.7 Å². The second-order valence-electron chi connectivity index (χ2n) is 7.52. The quantitative estimate of drug-likeness (QED) is 0.471. The van der Waals surface area contributed by atoms with Crippen LogP contribution >= 0.6 is 0 Å². The molecule has 0 aliphatic rings. The molecule has 1 aromatic heterocycles. The van der Waals surface area contributed by atoms with Crippen molar-refractivity contribution in [1.82, 2.24) is 4.72 Å². The van der Waals surface area contributed by atoms with Gasteiger partial charge in [-0.25, -0.2) is 8.42 Å². The summed E-state index contributed by atoms with van der Waals surface area (Å²) in [4.78, 5) is 11.4. The lowest BCUT2D eigenvalue weighted by Gasteiger charge is -2.17. The van der Waals surface area contributed by atoms with Gasteiger partial charge in [0.15, 0.2) is 0 Å². The Balaban J connectivity index is 1.77. The monoisotopic (exact) mass is 423 g/mol. The highest BCUT2D eigenvalue weighted by atomic mass is 32.2. The summed E-state index contributed by atoms with van der Waals surface area (Å²) in [6.07, 6.45) is 0. The first-order valence-corrected chi connectivity index (χ1v) is 11.0. The van der Waals surface area contributed by atoms with E-state index in [9.17, 15) is 18.3 Å². The van der Waals surface area contributed by atoms with E-state index in [0.29, 0.717) is 16.6 Å². The molecule has 0 amide bonds. The maximum Gasteiger partial charge on any atom is 0.322 e. The SMILES string of the molecule is CC(C)C(NS(=O)(=O)c1ccc2oc3cc(-c4ccccc4)ccc3c2c1)C(=O)O. The average molecular weight is 423 g/mol. The van der Waals surface area contributed by atoms with E-state index in [1.807, 2.05) is 48.5 Å². The normalized spacial score (nSPS) is 13.2. The summed E-state index contributed by atoms with van der Waals surface area (Å²) in [6, 6.07) is 19.0. The number of carbonyl (C=O) groups is 1. The van der Waals surface area contributed by atoms with Crippen molar-refractivity contribution >= 4 is 37.9 Å². The number of hydrogen-bond donors (Lipinski definition) is 2. The molecule has 1 atom stereocenters. The summed E-state index contributed by atoms with van der Waals surface area (Å²) in [7, 11) is -4.01. The van der Waals surface area contributed by atoms with Crippen LogP contribution in [0.5, 0.6) is 0 Å². The average Bonchev–Trinajstić information content (AvgIpc) is 3.09. The van der Waals surface area contributed by atoms with Crippen molar-refractivity contribution in [3.05, 3.63) is 66.7 Å². The third-order valence-electron chi connectivity index (χ3n) is 5.07. The first kappa shape index (κ1) is 20.1. The van der Waals surface area contributed by atoms with E-state index in [2.05, 4.69) is 4.72 Å². The molecule has 0 saturated carbocycles. The summed E-state index contributed by atoms with van der Waals surface area (Å²) >= 11 is 0. The van der Waals surface area contributed by atoms with Crippen molar-refractivity contribution in [2.75, 3.05) is 0 Å². The Bertz CT molecular complexity index is 1340. The fourth-order valence-corrected chi connectivity index (χ4v) is 4.80. The van der Waals surface area contributed by atoms with Gasteiger partial charge < -0.3 is 9.52 Å². The molecule has 4 rings (SSSR count). The summed E-state index contributed by atoms with van der Waals surface area (Å²) in [5.74, 6) is -1.61. The number of benzene rings is 3. The second kappa shape index (κ2) is 7.59. The van der Waals surface area contributed by atoms with Gasteiger partial charge in [-0.1, -0.05) is 50.2 Å². The fraction of sp³-hybridized carbons (Fsp3) is 0.174. The Morgan fingerprint density at radius 1 is 0.900 bits per heavy atom. The molecule has 7 heteroatoms. The highest BCUT2D eigenvalue weighted by molar-refractivity contribution is 7.89. The number of furan rings is 1. The van der Waals surface area contributed by atoms with E-state index in [1.165, 1.54) is 12.1 Å². The van der Waals surface area contributed by atoms with Gasteiger partial charge in [0.25, 0.3) is 0 Å². The molecule has 2 N–H and O–H groups in total. The molecule has 0 fully saturated rings. The standard InChI is InChI=1S/C23H21NO5S/c1-14(2)22(23(25)26)24-30(27,28)17-9-11-20-19(13-17)18-10-8-16(12-21(18)29-20)15-6-4-3-5-7-15/h3-14,22,24H,1-2H3,(H,25,26). The molecule has 154 valence electrons. The zero-order valence-electron chi connectivity index (χ0n) is 16.5. The number of rotatable bonds is 6. The smallest absolute Gasteiger partial charge is 0.322 e. The van der Waals surface area contributed by atoms with E-state index in [1.54, 1.807) is 19.9 Å². The van der Waals surface area contributed by atoms with Crippen LogP contribution in [0.4, 0.5) is 0 Å². The van der Waals surface area contributed by atoms with Crippen LogP contribution in [0.1, 0.15) is 13.8 Å². The molecular weight excluding hydrogens is 402 g/mol. The Morgan fingerprint density at radius 2 is 1.63 bits per heavy atom. The number of carboxylic acids is 1. The number of hydrogen-bond acceptors (Lipinski definition) is 4. The molecule has 1 heterocycles. The van der Waals surface area contributed by atoms with Crippen molar-refractivity contribution in [2.24, 2.45) is 5.92 Å². The van der Waals surface area contributed by atoms with E-state index >= 15 is 0 Å². The number of carboxylic acid groups (broad SMARTS) is 1. The van der Waals surface area contributed by atoms with Crippen LogP contribution < -0.4 is 4.72 Å². The molecule has 0 saturated heterocycles. The number of sulfonamides is 1. The Kier molecular flexibility index (Phi) is 5.09. The van der Waals surface area contributed by atoms with Crippen molar-refractivity contribution in [3.8, 4) is 11.1 Å². The molecule has 0 aliphatic carbocycles. The minimum atomic E-state index is -4.01.